The maximum atomic E-state index is 12.9. The molecule has 2 nitrogen and oxygen atoms in total. The van der Waals surface area contributed by atoms with Crippen LogP contribution in [0.3, 0.4) is 0 Å². The van der Waals surface area contributed by atoms with Gasteiger partial charge in [0.25, 0.3) is 0 Å². The Bertz CT molecular complexity index is 742. The molecule has 0 N–H and O–H groups in total. The second kappa shape index (κ2) is 9.66. The van der Waals surface area contributed by atoms with E-state index < -0.39 is 0 Å². The fourth-order valence-corrected chi connectivity index (χ4v) is 4.58. The molecule has 0 aliphatic carbocycles. The number of halogens is 1. The molecule has 3 rings (SSSR count). The van der Waals surface area contributed by atoms with Gasteiger partial charge >= 0.3 is 0 Å². The van der Waals surface area contributed by atoms with Gasteiger partial charge in [-0.05, 0) is 48.2 Å². The van der Waals surface area contributed by atoms with Gasteiger partial charge < -0.3 is 4.90 Å². The summed E-state index contributed by atoms with van der Waals surface area (Å²) < 4.78 is 0. The number of hydrogen-bond acceptors (Lipinski definition) is 2. The minimum atomic E-state index is 0.236. The number of benzene rings is 2. The summed E-state index contributed by atoms with van der Waals surface area (Å²) in [5.41, 5.74) is 2.38. The summed E-state index contributed by atoms with van der Waals surface area (Å²) >= 11 is 7.88. The summed E-state index contributed by atoms with van der Waals surface area (Å²) in [6.45, 7) is 6.06. The molecule has 4 heteroatoms. The molecule has 2 aromatic carbocycles. The van der Waals surface area contributed by atoms with E-state index in [1.807, 2.05) is 23.9 Å². The quantitative estimate of drug-likeness (QED) is 0.557. The Labute approximate surface area is 172 Å². The molecule has 27 heavy (non-hydrogen) atoms. The summed E-state index contributed by atoms with van der Waals surface area (Å²) in [6.07, 6.45) is 3.87. The summed E-state index contributed by atoms with van der Waals surface area (Å²) in [4.78, 5) is 16.2. The van der Waals surface area contributed by atoms with E-state index in [0.29, 0.717) is 17.6 Å². The zero-order valence-corrected chi connectivity index (χ0v) is 17.7. The second-order valence-electron chi connectivity index (χ2n) is 7.57. The molecule has 0 aromatic heterocycles. The van der Waals surface area contributed by atoms with Crippen LogP contribution in [0.5, 0.6) is 0 Å². The minimum Gasteiger partial charge on any atom is -0.342 e. The summed E-state index contributed by atoms with van der Waals surface area (Å²) in [5.74, 6) is 0.638. The highest BCUT2D eigenvalue weighted by molar-refractivity contribution is 7.99. The van der Waals surface area contributed by atoms with E-state index in [4.69, 9.17) is 11.6 Å². The van der Waals surface area contributed by atoms with Crippen LogP contribution in [0.4, 0.5) is 0 Å². The number of likely N-dealkylation sites (tertiary alicyclic amines) is 1. The van der Waals surface area contributed by atoms with Crippen molar-refractivity contribution in [1.29, 1.82) is 0 Å². The lowest BCUT2D eigenvalue weighted by atomic mass is 9.94. The molecule has 1 heterocycles. The predicted molar refractivity (Wildman–Crippen MR) is 116 cm³/mol. The monoisotopic (exact) mass is 401 g/mol. The third kappa shape index (κ3) is 6.02. The molecule has 0 saturated carbocycles. The number of carbonyl (C=O) groups excluding carboxylic acids is 1. The van der Waals surface area contributed by atoms with E-state index in [0.717, 1.165) is 42.9 Å². The smallest absolute Gasteiger partial charge is 0.227 e. The maximum Gasteiger partial charge on any atom is 0.227 e. The van der Waals surface area contributed by atoms with Crippen LogP contribution in [0.25, 0.3) is 0 Å². The number of carbonyl (C=O) groups is 1. The van der Waals surface area contributed by atoms with E-state index in [-0.39, 0.29) is 5.91 Å². The van der Waals surface area contributed by atoms with E-state index >= 15 is 0 Å². The fraction of sp³-hybridized carbons (Fsp3) is 0.435. The molecule has 1 unspecified atom stereocenters. The van der Waals surface area contributed by atoms with Gasteiger partial charge in [-0.1, -0.05) is 56.1 Å². The Morgan fingerprint density at radius 2 is 1.81 bits per heavy atom. The highest BCUT2D eigenvalue weighted by Gasteiger charge is 2.23. The van der Waals surface area contributed by atoms with Crippen molar-refractivity contribution in [3.05, 3.63) is 64.7 Å². The number of rotatable bonds is 5. The van der Waals surface area contributed by atoms with E-state index in [1.54, 1.807) is 0 Å². The van der Waals surface area contributed by atoms with Gasteiger partial charge in [0.1, 0.15) is 0 Å². The Morgan fingerprint density at radius 1 is 1.11 bits per heavy atom. The Balaban J connectivity index is 1.63. The van der Waals surface area contributed by atoms with Crippen LogP contribution in [0.2, 0.25) is 5.02 Å². The van der Waals surface area contributed by atoms with Crippen LogP contribution in [-0.4, -0.2) is 29.1 Å². The maximum absolute atomic E-state index is 12.9. The van der Waals surface area contributed by atoms with Crippen LogP contribution in [0, 0.1) is 0 Å². The van der Waals surface area contributed by atoms with Gasteiger partial charge in [-0.25, -0.2) is 0 Å². The number of hydrogen-bond donors (Lipinski definition) is 0. The van der Waals surface area contributed by atoms with Crippen molar-refractivity contribution in [1.82, 2.24) is 4.90 Å². The molecular weight excluding hydrogens is 374 g/mol. The van der Waals surface area contributed by atoms with Crippen molar-refractivity contribution in [2.45, 2.75) is 55.6 Å². The first-order valence-corrected chi connectivity index (χ1v) is 11.1. The van der Waals surface area contributed by atoms with Gasteiger partial charge in [0.15, 0.2) is 0 Å². The lowest BCUT2D eigenvalue weighted by molar-refractivity contribution is -0.130. The number of nitrogens with zero attached hydrogens (tertiary/aromatic N) is 1. The van der Waals surface area contributed by atoms with E-state index in [9.17, 15) is 4.79 Å². The second-order valence-corrected chi connectivity index (χ2v) is 9.66. The topological polar surface area (TPSA) is 20.3 Å². The van der Waals surface area contributed by atoms with Crippen molar-refractivity contribution in [3.8, 4) is 0 Å². The normalized spacial score (nSPS) is 17.8. The Hall–Kier alpha value is -1.45. The van der Waals surface area contributed by atoms with Crippen molar-refractivity contribution >= 4 is 29.3 Å². The molecular formula is C23H28ClNOS. The summed E-state index contributed by atoms with van der Waals surface area (Å²) in [5, 5.41) is 1.33. The molecule has 0 radical (unpaired) electrons. The highest BCUT2D eigenvalue weighted by Crippen LogP contribution is 2.28. The van der Waals surface area contributed by atoms with Crippen molar-refractivity contribution in [2.75, 3.05) is 13.1 Å². The summed E-state index contributed by atoms with van der Waals surface area (Å²) in [7, 11) is 0. The molecule has 1 aliphatic heterocycles. The molecule has 1 fully saturated rings. The van der Waals surface area contributed by atoms with Gasteiger partial charge in [-0.3, -0.25) is 4.79 Å². The first kappa shape index (κ1) is 20.3. The zero-order chi connectivity index (χ0) is 19.2. The first-order valence-electron chi connectivity index (χ1n) is 9.80. The molecule has 2 aromatic rings. The van der Waals surface area contributed by atoms with Crippen LogP contribution in [-0.2, 0) is 11.2 Å². The molecule has 1 atom stereocenters. The van der Waals surface area contributed by atoms with E-state index in [2.05, 4.69) is 55.1 Å². The number of amides is 1. The van der Waals surface area contributed by atoms with Crippen LogP contribution < -0.4 is 0 Å². The minimum absolute atomic E-state index is 0.236. The van der Waals surface area contributed by atoms with Crippen LogP contribution in [0.1, 0.15) is 50.2 Å². The van der Waals surface area contributed by atoms with Crippen LogP contribution >= 0.6 is 23.4 Å². The average Bonchev–Trinajstić information content (AvgIpc) is 2.90. The van der Waals surface area contributed by atoms with Crippen LogP contribution in [0.15, 0.2) is 53.4 Å². The molecule has 0 spiro atoms. The molecule has 1 aliphatic rings. The molecule has 1 amide bonds. The number of thioether (sulfide) groups is 1. The lowest BCUT2D eigenvalue weighted by Crippen LogP contribution is -2.35. The van der Waals surface area contributed by atoms with Gasteiger partial charge in [0, 0.05) is 34.2 Å². The first-order chi connectivity index (χ1) is 13.0. The highest BCUT2D eigenvalue weighted by atomic mass is 35.5. The Kier molecular flexibility index (Phi) is 7.26. The SMILES string of the molecule is CC(C)Sc1ccc(CC(=O)N2CCCCC(c3ccc(Cl)cc3)C2)cc1. The average molecular weight is 402 g/mol. The summed E-state index contributed by atoms with van der Waals surface area (Å²) in [6, 6.07) is 16.6. The predicted octanol–water partition coefficient (Wildman–Crippen LogP) is 6.18. The Morgan fingerprint density at radius 3 is 2.48 bits per heavy atom. The van der Waals surface area contributed by atoms with Gasteiger partial charge in [-0.2, -0.15) is 0 Å². The third-order valence-electron chi connectivity index (χ3n) is 5.02. The third-order valence-corrected chi connectivity index (χ3v) is 6.28. The van der Waals surface area contributed by atoms with Gasteiger partial charge in [0.2, 0.25) is 5.91 Å². The van der Waals surface area contributed by atoms with Gasteiger partial charge in [0.05, 0.1) is 6.42 Å². The van der Waals surface area contributed by atoms with E-state index in [1.165, 1.54) is 10.5 Å². The molecule has 1 saturated heterocycles. The fourth-order valence-electron chi connectivity index (χ4n) is 3.62. The lowest BCUT2D eigenvalue weighted by Gasteiger charge is -2.25. The molecule has 144 valence electrons. The van der Waals surface area contributed by atoms with Crippen molar-refractivity contribution in [3.63, 3.8) is 0 Å². The standard InChI is InChI=1S/C23H28ClNOS/c1-17(2)27-22-12-6-18(7-13-22)15-23(26)25-14-4-3-5-20(16-25)19-8-10-21(24)11-9-19/h6-13,17,20H,3-5,14-16H2,1-2H3. The van der Waals surface area contributed by atoms with Gasteiger partial charge in [-0.15, -0.1) is 11.8 Å². The van der Waals surface area contributed by atoms with Crippen molar-refractivity contribution in [2.24, 2.45) is 0 Å². The molecule has 0 bridgehead atoms. The largest absolute Gasteiger partial charge is 0.342 e. The van der Waals surface area contributed by atoms with Crippen molar-refractivity contribution < 1.29 is 4.79 Å². The zero-order valence-electron chi connectivity index (χ0n) is 16.2.